The Kier molecular flexibility index (Phi) is 3.62. The smallest absolute Gasteiger partial charge is 0.416 e. The quantitative estimate of drug-likeness (QED) is 0.894. The largest absolute Gasteiger partial charge is 0.481 e. The first-order valence-corrected chi connectivity index (χ1v) is 6.02. The molecule has 2 rings (SSSR count). The van der Waals surface area contributed by atoms with E-state index in [1.54, 1.807) is 0 Å². The zero-order valence-electron chi connectivity index (χ0n) is 9.67. The van der Waals surface area contributed by atoms with Crippen molar-refractivity contribution in [2.75, 3.05) is 5.32 Å². The molecule has 0 saturated heterocycles. The van der Waals surface area contributed by atoms with E-state index in [0.717, 1.165) is 12.1 Å². The molecule has 2 N–H and O–H groups in total. The normalized spacial score (nSPS) is 22.7. The van der Waals surface area contributed by atoms with Crippen molar-refractivity contribution in [2.24, 2.45) is 5.92 Å². The maximum atomic E-state index is 12.6. The van der Waals surface area contributed by atoms with Crippen LogP contribution < -0.4 is 5.32 Å². The number of carboxylic acid groups (broad SMARTS) is 1. The summed E-state index contributed by atoms with van der Waals surface area (Å²) in [6, 6.07) is 2.77. The van der Waals surface area contributed by atoms with Gasteiger partial charge in [0.25, 0.3) is 0 Å². The molecule has 7 heteroatoms. The second-order valence-corrected chi connectivity index (χ2v) is 4.94. The predicted molar refractivity (Wildman–Crippen MR) is 64.2 cm³/mol. The maximum absolute atomic E-state index is 12.6. The summed E-state index contributed by atoms with van der Waals surface area (Å²) in [7, 11) is 0. The number of halogens is 4. The lowest BCUT2D eigenvalue weighted by atomic mass is 9.79. The number of carboxylic acids is 1. The van der Waals surface area contributed by atoms with E-state index in [2.05, 4.69) is 5.32 Å². The summed E-state index contributed by atoms with van der Waals surface area (Å²) >= 11 is 5.64. The molecule has 19 heavy (non-hydrogen) atoms. The number of rotatable bonds is 3. The molecule has 0 spiro atoms. The third-order valence-electron chi connectivity index (χ3n) is 3.17. The third-order valence-corrected chi connectivity index (χ3v) is 3.39. The Balaban J connectivity index is 2.17. The number of anilines is 1. The molecule has 1 aromatic rings. The molecule has 1 aromatic carbocycles. The molecular weight excluding hydrogens is 283 g/mol. The lowest BCUT2D eigenvalue weighted by molar-refractivity contribution is -0.145. The van der Waals surface area contributed by atoms with Crippen LogP contribution in [0.5, 0.6) is 0 Å². The molecule has 1 saturated carbocycles. The standard InChI is InChI=1S/C12H11ClF3NO2/c13-7-3-6(12(14,15)16)4-8(5-7)17-10-2-1-9(10)11(18)19/h3-5,9-10,17H,1-2H2,(H,18,19). The van der Waals surface area contributed by atoms with Crippen LogP contribution in [0.15, 0.2) is 18.2 Å². The molecule has 2 atom stereocenters. The van der Waals surface area contributed by atoms with Gasteiger partial charge in [-0.2, -0.15) is 13.2 Å². The Morgan fingerprint density at radius 1 is 1.32 bits per heavy atom. The van der Waals surface area contributed by atoms with E-state index >= 15 is 0 Å². The lowest BCUT2D eigenvalue weighted by Crippen LogP contribution is -2.43. The van der Waals surface area contributed by atoms with Crippen LogP contribution in [0.25, 0.3) is 0 Å². The molecule has 0 bridgehead atoms. The van der Waals surface area contributed by atoms with Gasteiger partial charge in [0.05, 0.1) is 11.5 Å². The Hall–Kier alpha value is -1.43. The highest BCUT2D eigenvalue weighted by molar-refractivity contribution is 6.30. The summed E-state index contributed by atoms with van der Waals surface area (Å²) in [5, 5.41) is 11.6. The number of carbonyl (C=O) groups is 1. The second-order valence-electron chi connectivity index (χ2n) is 4.50. The second kappa shape index (κ2) is 4.92. The van der Waals surface area contributed by atoms with E-state index in [9.17, 15) is 18.0 Å². The highest BCUT2D eigenvalue weighted by atomic mass is 35.5. The summed E-state index contributed by atoms with van der Waals surface area (Å²) in [5.41, 5.74) is -0.663. The molecule has 2 unspecified atom stereocenters. The van der Waals surface area contributed by atoms with Crippen molar-refractivity contribution >= 4 is 23.3 Å². The van der Waals surface area contributed by atoms with Crippen LogP contribution in [-0.2, 0) is 11.0 Å². The van der Waals surface area contributed by atoms with E-state index in [-0.39, 0.29) is 16.8 Å². The van der Waals surface area contributed by atoms with Crippen molar-refractivity contribution in [3.05, 3.63) is 28.8 Å². The Morgan fingerprint density at radius 3 is 2.47 bits per heavy atom. The molecule has 0 aliphatic heterocycles. The van der Waals surface area contributed by atoms with Crippen molar-refractivity contribution in [3.8, 4) is 0 Å². The summed E-state index contributed by atoms with van der Waals surface area (Å²) in [6.45, 7) is 0. The molecule has 0 aromatic heterocycles. The van der Waals surface area contributed by atoms with Gasteiger partial charge in [-0.05, 0) is 31.0 Å². The van der Waals surface area contributed by atoms with Crippen LogP contribution in [0.3, 0.4) is 0 Å². The van der Waals surface area contributed by atoms with Gasteiger partial charge in [-0.1, -0.05) is 11.6 Å². The highest BCUT2D eigenvalue weighted by Crippen LogP contribution is 2.35. The zero-order chi connectivity index (χ0) is 14.2. The third kappa shape index (κ3) is 3.12. The fraction of sp³-hybridized carbons (Fsp3) is 0.417. The molecular formula is C12H11ClF3NO2. The van der Waals surface area contributed by atoms with Gasteiger partial charge in [0, 0.05) is 16.8 Å². The van der Waals surface area contributed by atoms with E-state index in [4.69, 9.17) is 16.7 Å². The van der Waals surface area contributed by atoms with Gasteiger partial charge in [-0.25, -0.2) is 0 Å². The van der Waals surface area contributed by atoms with Crippen molar-refractivity contribution in [2.45, 2.75) is 25.1 Å². The monoisotopic (exact) mass is 293 g/mol. The first-order valence-electron chi connectivity index (χ1n) is 5.64. The molecule has 0 radical (unpaired) electrons. The first-order chi connectivity index (χ1) is 8.77. The van der Waals surface area contributed by atoms with Crippen molar-refractivity contribution in [1.29, 1.82) is 0 Å². The summed E-state index contributed by atoms with van der Waals surface area (Å²) in [4.78, 5) is 10.8. The minimum atomic E-state index is -4.48. The number of aliphatic carboxylic acids is 1. The zero-order valence-corrected chi connectivity index (χ0v) is 10.4. The molecule has 3 nitrogen and oxygen atoms in total. The summed E-state index contributed by atoms with van der Waals surface area (Å²) in [5.74, 6) is -1.50. The van der Waals surface area contributed by atoms with E-state index in [1.165, 1.54) is 6.07 Å². The molecule has 0 amide bonds. The molecule has 104 valence electrons. The van der Waals surface area contributed by atoms with Crippen LogP contribution in [-0.4, -0.2) is 17.1 Å². The fourth-order valence-corrected chi connectivity index (χ4v) is 2.25. The van der Waals surface area contributed by atoms with E-state index < -0.39 is 23.6 Å². The SMILES string of the molecule is O=C(O)C1CCC1Nc1cc(Cl)cc(C(F)(F)F)c1. The van der Waals surface area contributed by atoms with Gasteiger partial charge in [0.2, 0.25) is 0 Å². The van der Waals surface area contributed by atoms with Gasteiger partial charge in [0.1, 0.15) is 0 Å². The fourth-order valence-electron chi connectivity index (χ4n) is 2.02. The summed E-state index contributed by atoms with van der Waals surface area (Å²) in [6.07, 6.45) is -3.34. The summed E-state index contributed by atoms with van der Waals surface area (Å²) < 4.78 is 37.8. The van der Waals surface area contributed by atoms with E-state index in [1.807, 2.05) is 0 Å². The Labute approximate surface area is 112 Å². The van der Waals surface area contributed by atoms with Gasteiger partial charge < -0.3 is 10.4 Å². The minimum Gasteiger partial charge on any atom is -0.481 e. The van der Waals surface area contributed by atoms with Crippen LogP contribution >= 0.6 is 11.6 Å². The Morgan fingerprint density at radius 2 is 2.00 bits per heavy atom. The number of alkyl halides is 3. The van der Waals surface area contributed by atoms with Gasteiger partial charge in [-0.15, -0.1) is 0 Å². The topological polar surface area (TPSA) is 49.3 Å². The number of hydrogen-bond donors (Lipinski definition) is 2. The molecule has 1 aliphatic rings. The molecule has 1 aliphatic carbocycles. The average Bonchev–Trinajstić information content (AvgIpc) is 2.21. The average molecular weight is 294 g/mol. The number of benzene rings is 1. The van der Waals surface area contributed by atoms with Crippen molar-refractivity contribution in [1.82, 2.24) is 0 Å². The van der Waals surface area contributed by atoms with E-state index in [0.29, 0.717) is 12.8 Å². The van der Waals surface area contributed by atoms with Crippen LogP contribution in [0.4, 0.5) is 18.9 Å². The van der Waals surface area contributed by atoms with Gasteiger partial charge in [0.15, 0.2) is 0 Å². The van der Waals surface area contributed by atoms with Crippen LogP contribution in [0.2, 0.25) is 5.02 Å². The first kappa shape index (κ1) is 14.0. The van der Waals surface area contributed by atoms with Crippen molar-refractivity contribution < 1.29 is 23.1 Å². The highest BCUT2D eigenvalue weighted by Gasteiger charge is 2.37. The predicted octanol–water partition coefficient (Wildman–Crippen LogP) is 3.63. The number of hydrogen-bond acceptors (Lipinski definition) is 2. The Bertz CT molecular complexity index is 504. The number of nitrogens with one attached hydrogen (secondary N) is 1. The minimum absolute atomic E-state index is 0.0384. The van der Waals surface area contributed by atoms with Crippen LogP contribution in [0, 0.1) is 5.92 Å². The lowest BCUT2D eigenvalue weighted by Gasteiger charge is -2.34. The molecule has 1 fully saturated rings. The van der Waals surface area contributed by atoms with Crippen molar-refractivity contribution in [3.63, 3.8) is 0 Å². The van der Waals surface area contributed by atoms with Gasteiger partial charge >= 0.3 is 12.1 Å². The maximum Gasteiger partial charge on any atom is 0.416 e. The molecule has 0 heterocycles. The van der Waals surface area contributed by atoms with Crippen LogP contribution in [0.1, 0.15) is 18.4 Å². The van der Waals surface area contributed by atoms with Gasteiger partial charge in [-0.3, -0.25) is 4.79 Å².